The number of nitrogens with zero attached hydrogens (tertiary/aromatic N) is 1. The molecule has 1 aromatic rings. The molecule has 1 heterocycles. The maximum Gasteiger partial charge on any atom is 0.354 e. The number of carboxylic acid groups (broad SMARTS) is 1. The molecule has 1 unspecified atom stereocenters. The summed E-state index contributed by atoms with van der Waals surface area (Å²) in [6.45, 7) is 1.59. The van der Waals surface area contributed by atoms with Crippen LogP contribution in [0, 0.1) is 0 Å². The van der Waals surface area contributed by atoms with Gasteiger partial charge < -0.3 is 10.2 Å². The quantitative estimate of drug-likeness (QED) is 0.684. The molecule has 0 bridgehead atoms. The summed E-state index contributed by atoms with van der Waals surface area (Å²) in [5.74, 6) is -1.06. The SMILES string of the molecule is CC(O)c1ccc(C(=O)O)nc1. The van der Waals surface area contributed by atoms with Crippen LogP contribution in [0.15, 0.2) is 18.3 Å². The molecule has 0 aliphatic heterocycles. The van der Waals surface area contributed by atoms with Crippen molar-refractivity contribution in [3.63, 3.8) is 0 Å². The van der Waals surface area contributed by atoms with E-state index in [1.165, 1.54) is 12.3 Å². The van der Waals surface area contributed by atoms with E-state index in [1.54, 1.807) is 13.0 Å². The molecule has 0 aliphatic carbocycles. The average molecular weight is 167 g/mol. The van der Waals surface area contributed by atoms with Gasteiger partial charge in [0.25, 0.3) is 0 Å². The van der Waals surface area contributed by atoms with E-state index in [9.17, 15) is 4.79 Å². The number of aliphatic hydroxyl groups excluding tert-OH is 1. The summed E-state index contributed by atoms with van der Waals surface area (Å²) in [6, 6.07) is 2.91. The first-order chi connectivity index (χ1) is 5.61. The van der Waals surface area contributed by atoms with Gasteiger partial charge in [0.1, 0.15) is 5.69 Å². The molecule has 12 heavy (non-hydrogen) atoms. The van der Waals surface area contributed by atoms with Crippen molar-refractivity contribution < 1.29 is 15.0 Å². The lowest BCUT2D eigenvalue weighted by Gasteiger charge is -2.02. The lowest BCUT2D eigenvalue weighted by Crippen LogP contribution is -2.01. The lowest BCUT2D eigenvalue weighted by molar-refractivity contribution is 0.0690. The Morgan fingerprint density at radius 1 is 1.58 bits per heavy atom. The van der Waals surface area contributed by atoms with Gasteiger partial charge in [0.15, 0.2) is 0 Å². The second kappa shape index (κ2) is 3.32. The summed E-state index contributed by atoms with van der Waals surface area (Å²) < 4.78 is 0. The topological polar surface area (TPSA) is 70.4 Å². The zero-order valence-corrected chi connectivity index (χ0v) is 6.56. The maximum absolute atomic E-state index is 10.4. The highest BCUT2D eigenvalue weighted by atomic mass is 16.4. The minimum absolute atomic E-state index is 0.0144. The molecule has 0 saturated heterocycles. The summed E-state index contributed by atoms with van der Waals surface area (Å²) in [7, 11) is 0. The van der Waals surface area contributed by atoms with Gasteiger partial charge in [0.2, 0.25) is 0 Å². The van der Waals surface area contributed by atoms with Crippen LogP contribution in [0.3, 0.4) is 0 Å². The van der Waals surface area contributed by atoms with Crippen LogP contribution in [0.25, 0.3) is 0 Å². The molecule has 0 saturated carbocycles. The molecule has 4 heteroatoms. The highest BCUT2D eigenvalue weighted by Crippen LogP contribution is 2.09. The van der Waals surface area contributed by atoms with Gasteiger partial charge in [0, 0.05) is 6.20 Å². The van der Waals surface area contributed by atoms with Crippen LogP contribution in [0.2, 0.25) is 0 Å². The molecule has 0 radical (unpaired) electrons. The predicted octanol–water partition coefficient (Wildman–Crippen LogP) is 0.833. The zero-order chi connectivity index (χ0) is 9.14. The number of carbonyl (C=O) groups is 1. The molecule has 1 rings (SSSR count). The highest BCUT2D eigenvalue weighted by Gasteiger charge is 2.05. The third kappa shape index (κ3) is 1.79. The van der Waals surface area contributed by atoms with Crippen molar-refractivity contribution >= 4 is 5.97 Å². The van der Waals surface area contributed by atoms with Crippen molar-refractivity contribution in [1.29, 1.82) is 0 Å². The molecule has 0 spiro atoms. The second-order valence-corrected chi connectivity index (χ2v) is 2.46. The molecule has 4 nitrogen and oxygen atoms in total. The molecular formula is C8H9NO3. The second-order valence-electron chi connectivity index (χ2n) is 2.46. The van der Waals surface area contributed by atoms with Crippen molar-refractivity contribution in [3.8, 4) is 0 Å². The average Bonchev–Trinajstić information content (AvgIpc) is 2.04. The minimum atomic E-state index is -1.06. The van der Waals surface area contributed by atoms with Crippen molar-refractivity contribution in [2.24, 2.45) is 0 Å². The zero-order valence-electron chi connectivity index (χ0n) is 6.56. The van der Waals surface area contributed by atoms with Gasteiger partial charge in [-0.2, -0.15) is 0 Å². The van der Waals surface area contributed by atoms with E-state index < -0.39 is 12.1 Å². The van der Waals surface area contributed by atoms with Crippen molar-refractivity contribution in [2.45, 2.75) is 13.0 Å². The number of pyridine rings is 1. The normalized spacial score (nSPS) is 12.5. The Bertz CT molecular complexity index is 279. The van der Waals surface area contributed by atoms with Crippen LogP contribution >= 0.6 is 0 Å². The van der Waals surface area contributed by atoms with Crippen LogP contribution in [0.5, 0.6) is 0 Å². The molecular weight excluding hydrogens is 158 g/mol. The molecule has 0 fully saturated rings. The standard InChI is InChI=1S/C8H9NO3/c1-5(10)6-2-3-7(8(11)12)9-4-6/h2-5,10H,1H3,(H,11,12). The number of aliphatic hydroxyl groups is 1. The Morgan fingerprint density at radius 2 is 2.25 bits per heavy atom. The summed E-state index contributed by atoms with van der Waals surface area (Å²) in [5, 5.41) is 17.6. The van der Waals surface area contributed by atoms with Crippen molar-refractivity contribution in [2.75, 3.05) is 0 Å². The third-order valence-corrected chi connectivity index (χ3v) is 1.49. The van der Waals surface area contributed by atoms with E-state index in [-0.39, 0.29) is 5.69 Å². The van der Waals surface area contributed by atoms with Gasteiger partial charge in [-0.05, 0) is 18.6 Å². The summed E-state index contributed by atoms with van der Waals surface area (Å²) >= 11 is 0. The number of carboxylic acids is 1. The molecule has 64 valence electrons. The maximum atomic E-state index is 10.4. The van der Waals surface area contributed by atoms with Crippen LogP contribution in [-0.2, 0) is 0 Å². The van der Waals surface area contributed by atoms with Gasteiger partial charge in [-0.25, -0.2) is 9.78 Å². The largest absolute Gasteiger partial charge is 0.477 e. The van der Waals surface area contributed by atoms with E-state index in [0.717, 1.165) is 0 Å². The van der Waals surface area contributed by atoms with Crippen LogP contribution in [0.4, 0.5) is 0 Å². The fourth-order valence-corrected chi connectivity index (χ4v) is 0.779. The Labute approximate surface area is 69.5 Å². The number of aromatic nitrogens is 1. The summed E-state index contributed by atoms with van der Waals surface area (Å²) in [4.78, 5) is 14.0. The molecule has 1 aromatic heterocycles. The Morgan fingerprint density at radius 3 is 2.58 bits per heavy atom. The van der Waals surface area contributed by atoms with Gasteiger partial charge >= 0.3 is 5.97 Å². The lowest BCUT2D eigenvalue weighted by atomic mass is 10.2. The molecule has 2 N–H and O–H groups in total. The van der Waals surface area contributed by atoms with Crippen LogP contribution < -0.4 is 0 Å². The van der Waals surface area contributed by atoms with Gasteiger partial charge in [0.05, 0.1) is 6.10 Å². The molecule has 0 amide bonds. The van der Waals surface area contributed by atoms with E-state index in [2.05, 4.69) is 4.98 Å². The van der Waals surface area contributed by atoms with E-state index >= 15 is 0 Å². The molecule has 0 aliphatic rings. The van der Waals surface area contributed by atoms with Crippen LogP contribution in [-0.4, -0.2) is 21.2 Å². The number of hydrogen-bond donors (Lipinski definition) is 2. The summed E-state index contributed by atoms with van der Waals surface area (Å²) in [5.41, 5.74) is 0.597. The Kier molecular flexibility index (Phi) is 2.40. The van der Waals surface area contributed by atoms with Crippen molar-refractivity contribution in [3.05, 3.63) is 29.6 Å². The number of rotatable bonds is 2. The number of aromatic carboxylic acids is 1. The van der Waals surface area contributed by atoms with E-state index in [0.29, 0.717) is 5.56 Å². The van der Waals surface area contributed by atoms with Gasteiger partial charge in [-0.3, -0.25) is 0 Å². The Hall–Kier alpha value is -1.42. The predicted molar refractivity (Wildman–Crippen MR) is 41.8 cm³/mol. The molecule has 1 atom stereocenters. The van der Waals surface area contributed by atoms with E-state index in [1.807, 2.05) is 0 Å². The minimum Gasteiger partial charge on any atom is -0.477 e. The number of hydrogen-bond acceptors (Lipinski definition) is 3. The van der Waals surface area contributed by atoms with Crippen molar-refractivity contribution in [1.82, 2.24) is 4.98 Å². The Balaban J connectivity index is 2.93. The fraction of sp³-hybridized carbons (Fsp3) is 0.250. The van der Waals surface area contributed by atoms with Gasteiger partial charge in [-0.15, -0.1) is 0 Å². The van der Waals surface area contributed by atoms with Gasteiger partial charge in [-0.1, -0.05) is 6.07 Å². The third-order valence-electron chi connectivity index (χ3n) is 1.49. The molecule has 0 aromatic carbocycles. The first-order valence-corrected chi connectivity index (χ1v) is 3.48. The monoisotopic (exact) mass is 167 g/mol. The van der Waals surface area contributed by atoms with Crippen LogP contribution in [0.1, 0.15) is 29.1 Å². The fourth-order valence-electron chi connectivity index (χ4n) is 0.779. The first kappa shape index (κ1) is 8.67. The highest BCUT2D eigenvalue weighted by molar-refractivity contribution is 5.85. The smallest absolute Gasteiger partial charge is 0.354 e. The van der Waals surface area contributed by atoms with E-state index in [4.69, 9.17) is 10.2 Å². The summed E-state index contributed by atoms with van der Waals surface area (Å²) in [6.07, 6.45) is 0.744. The first-order valence-electron chi connectivity index (χ1n) is 3.48.